The van der Waals surface area contributed by atoms with Crippen LogP contribution in [-0.2, 0) is 16.4 Å². The Morgan fingerprint density at radius 1 is 1.50 bits per heavy atom. The van der Waals surface area contributed by atoms with Crippen LogP contribution in [0.25, 0.3) is 0 Å². The van der Waals surface area contributed by atoms with E-state index in [0.717, 1.165) is 12.4 Å². The maximum Gasteiger partial charge on any atom is 0.408 e. The molecule has 0 aliphatic carbocycles. The van der Waals surface area contributed by atoms with Gasteiger partial charge in [-0.15, -0.1) is 0 Å². The largest absolute Gasteiger partial charge is 0.408 e. The first-order chi connectivity index (χ1) is 9.96. The van der Waals surface area contributed by atoms with Crippen molar-refractivity contribution in [2.24, 2.45) is 0 Å². The van der Waals surface area contributed by atoms with Crippen molar-refractivity contribution in [3.8, 4) is 0 Å². The summed E-state index contributed by atoms with van der Waals surface area (Å²) in [6, 6.07) is -0.689. The Morgan fingerprint density at radius 2 is 2.18 bits per heavy atom. The van der Waals surface area contributed by atoms with Gasteiger partial charge in [0.1, 0.15) is 6.54 Å². The minimum atomic E-state index is -4.41. The van der Waals surface area contributed by atoms with Crippen molar-refractivity contribution in [3.63, 3.8) is 0 Å². The van der Waals surface area contributed by atoms with E-state index >= 15 is 0 Å². The zero-order chi connectivity index (χ0) is 16.6. The molecule has 124 valence electrons. The van der Waals surface area contributed by atoms with Gasteiger partial charge in [-0.2, -0.15) is 18.3 Å². The Bertz CT molecular complexity index is 670. The first kappa shape index (κ1) is 16.6. The number of nitrogens with one attached hydrogen (secondary N) is 2. The molecule has 0 aromatic carbocycles. The molecule has 2 rings (SSSR count). The molecule has 1 atom stereocenters. The summed E-state index contributed by atoms with van der Waals surface area (Å²) in [7, 11) is -3.17. The molecule has 1 aromatic rings. The third-order valence-corrected chi connectivity index (χ3v) is 5.05. The van der Waals surface area contributed by atoms with Gasteiger partial charge in [-0.1, -0.05) is 0 Å². The summed E-state index contributed by atoms with van der Waals surface area (Å²) in [4.78, 5) is 11.8. The highest BCUT2D eigenvalue weighted by Crippen LogP contribution is 2.23. The number of anilines is 1. The van der Waals surface area contributed by atoms with E-state index in [0.29, 0.717) is 4.68 Å². The Hall–Kier alpha value is -1.78. The van der Waals surface area contributed by atoms with Crippen LogP contribution in [0.15, 0.2) is 12.4 Å². The van der Waals surface area contributed by atoms with E-state index in [-0.39, 0.29) is 23.6 Å². The highest BCUT2D eigenvalue weighted by Gasteiger charge is 2.39. The number of hydrogen-bond donors (Lipinski definition) is 2. The van der Waals surface area contributed by atoms with E-state index in [1.807, 2.05) is 0 Å². The van der Waals surface area contributed by atoms with Gasteiger partial charge in [-0.25, -0.2) is 13.2 Å². The molecule has 0 spiro atoms. The van der Waals surface area contributed by atoms with Gasteiger partial charge in [-0.05, 0) is 13.3 Å². The lowest BCUT2D eigenvalue weighted by molar-refractivity contribution is -0.142. The maximum absolute atomic E-state index is 12.2. The summed E-state index contributed by atoms with van der Waals surface area (Å²) < 4.78 is 60.1. The minimum absolute atomic E-state index is 0.00665. The number of nitrogens with zero attached hydrogens (tertiary/aromatic N) is 2. The molecule has 2 amide bonds. The van der Waals surface area contributed by atoms with Crippen molar-refractivity contribution in [1.29, 1.82) is 0 Å². The monoisotopic (exact) mass is 340 g/mol. The Morgan fingerprint density at radius 3 is 2.73 bits per heavy atom. The lowest BCUT2D eigenvalue weighted by atomic mass is 10.0. The van der Waals surface area contributed by atoms with Crippen LogP contribution in [-0.4, -0.2) is 47.5 Å². The van der Waals surface area contributed by atoms with Crippen molar-refractivity contribution in [2.45, 2.75) is 31.6 Å². The number of sulfone groups is 1. The van der Waals surface area contributed by atoms with Gasteiger partial charge in [0.15, 0.2) is 9.84 Å². The Labute approximate surface area is 124 Å². The first-order valence-corrected chi connectivity index (χ1v) is 8.17. The number of alkyl halides is 3. The van der Waals surface area contributed by atoms with Crippen LogP contribution < -0.4 is 10.6 Å². The van der Waals surface area contributed by atoms with Gasteiger partial charge < -0.3 is 10.6 Å². The van der Waals surface area contributed by atoms with Crippen LogP contribution >= 0.6 is 0 Å². The summed E-state index contributed by atoms with van der Waals surface area (Å²) in [6.07, 6.45) is -1.99. The molecule has 2 heterocycles. The minimum Gasteiger partial charge on any atom is -0.332 e. The molecule has 22 heavy (non-hydrogen) atoms. The third-order valence-electron chi connectivity index (χ3n) is 3.15. The summed E-state index contributed by atoms with van der Waals surface area (Å²) in [5.41, 5.74) is -0.795. The summed E-state index contributed by atoms with van der Waals surface area (Å²) in [6.45, 7) is 0.344. The average molecular weight is 340 g/mol. The summed E-state index contributed by atoms with van der Waals surface area (Å²) in [5.74, 6) is -0.173. The predicted molar refractivity (Wildman–Crippen MR) is 72.1 cm³/mol. The summed E-state index contributed by atoms with van der Waals surface area (Å²) >= 11 is 0. The second kappa shape index (κ2) is 5.45. The highest BCUT2D eigenvalue weighted by atomic mass is 32.2. The van der Waals surface area contributed by atoms with Gasteiger partial charge in [0, 0.05) is 6.20 Å². The Kier molecular flexibility index (Phi) is 4.11. The molecule has 0 radical (unpaired) electrons. The van der Waals surface area contributed by atoms with Crippen molar-refractivity contribution in [1.82, 2.24) is 15.1 Å². The lowest BCUT2D eigenvalue weighted by Crippen LogP contribution is -2.48. The first-order valence-electron chi connectivity index (χ1n) is 6.35. The fourth-order valence-electron chi connectivity index (χ4n) is 2.24. The molecular weight excluding hydrogens is 325 g/mol. The standard InChI is InChI=1S/C11H15F3N4O3S/c1-10(2-3-22(20,21)7-10)17-9(19)16-8-4-15-18(5-8)6-11(12,13)14/h4-5H,2-3,6-7H2,1H3,(H2,16,17,19). The molecule has 1 aliphatic heterocycles. The van der Waals surface area contributed by atoms with Gasteiger partial charge in [0.25, 0.3) is 0 Å². The number of rotatable bonds is 3. The highest BCUT2D eigenvalue weighted by molar-refractivity contribution is 7.91. The van der Waals surface area contributed by atoms with Crippen molar-refractivity contribution in [3.05, 3.63) is 12.4 Å². The van der Waals surface area contributed by atoms with Crippen molar-refractivity contribution < 1.29 is 26.4 Å². The molecule has 1 fully saturated rings. The molecule has 0 bridgehead atoms. The van der Waals surface area contributed by atoms with Crippen LogP contribution in [0, 0.1) is 0 Å². The molecular formula is C11H15F3N4O3S. The quantitative estimate of drug-likeness (QED) is 0.863. The predicted octanol–water partition coefficient (Wildman–Crippen LogP) is 1.14. The molecule has 1 aromatic heterocycles. The average Bonchev–Trinajstić information content (AvgIpc) is 2.80. The number of carbonyl (C=O) groups is 1. The van der Waals surface area contributed by atoms with Gasteiger partial charge in [0.05, 0.1) is 28.9 Å². The van der Waals surface area contributed by atoms with E-state index in [4.69, 9.17) is 0 Å². The van der Waals surface area contributed by atoms with Gasteiger partial charge >= 0.3 is 12.2 Å². The van der Waals surface area contributed by atoms with Crippen LogP contribution in [0.3, 0.4) is 0 Å². The molecule has 1 unspecified atom stereocenters. The SMILES string of the molecule is CC1(NC(=O)Nc2cnn(CC(F)(F)F)c2)CCS(=O)(=O)C1. The molecule has 0 saturated carbocycles. The smallest absolute Gasteiger partial charge is 0.332 e. The lowest BCUT2D eigenvalue weighted by Gasteiger charge is -2.23. The Balaban J connectivity index is 1.93. The van der Waals surface area contributed by atoms with E-state index in [9.17, 15) is 26.4 Å². The molecule has 11 heteroatoms. The molecule has 1 saturated heterocycles. The van der Waals surface area contributed by atoms with Crippen molar-refractivity contribution in [2.75, 3.05) is 16.8 Å². The van der Waals surface area contributed by atoms with E-state index < -0.39 is 34.1 Å². The molecule has 1 aliphatic rings. The number of hydrogen-bond acceptors (Lipinski definition) is 4. The molecule has 2 N–H and O–H groups in total. The number of amides is 2. The number of aromatic nitrogens is 2. The van der Waals surface area contributed by atoms with Crippen LogP contribution in [0.5, 0.6) is 0 Å². The number of carbonyl (C=O) groups excluding carboxylic acids is 1. The third kappa shape index (κ3) is 4.61. The van der Waals surface area contributed by atoms with Crippen LogP contribution in [0.4, 0.5) is 23.7 Å². The second-order valence-electron chi connectivity index (χ2n) is 5.52. The normalized spacial score (nSPS) is 24.2. The fourth-order valence-corrected chi connectivity index (χ4v) is 4.34. The van der Waals surface area contributed by atoms with Gasteiger partial charge in [-0.3, -0.25) is 4.68 Å². The van der Waals surface area contributed by atoms with Crippen LogP contribution in [0.2, 0.25) is 0 Å². The van der Waals surface area contributed by atoms with Crippen LogP contribution in [0.1, 0.15) is 13.3 Å². The fraction of sp³-hybridized carbons (Fsp3) is 0.636. The van der Waals surface area contributed by atoms with E-state index in [1.165, 1.54) is 0 Å². The van der Waals surface area contributed by atoms with E-state index in [1.54, 1.807) is 6.92 Å². The molecule has 7 nitrogen and oxygen atoms in total. The van der Waals surface area contributed by atoms with E-state index in [2.05, 4.69) is 15.7 Å². The zero-order valence-corrected chi connectivity index (χ0v) is 12.5. The summed E-state index contributed by atoms with van der Waals surface area (Å²) in [5, 5.41) is 8.35. The van der Waals surface area contributed by atoms with Gasteiger partial charge in [0.2, 0.25) is 0 Å². The topological polar surface area (TPSA) is 93.1 Å². The number of halogens is 3. The maximum atomic E-state index is 12.2. The second-order valence-corrected chi connectivity index (χ2v) is 7.71. The number of urea groups is 1. The zero-order valence-electron chi connectivity index (χ0n) is 11.6. The van der Waals surface area contributed by atoms with Crippen molar-refractivity contribution >= 4 is 21.6 Å².